The van der Waals surface area contributed by atoms with Crippen molar-refractivity contribution in [2.45, 2.75) is 31.8 Å². The fraction of sp³-hybridized carbons (Fsp3) is 0.467. The lowest BCUT2D eigenvalue weighted by atomic mass is 10.0. The molecule has 1 heterocycles. The molecule has 114 valence electrons. The fourth-order valence-electron chi connectivity index (χ4n) is 2.57. The van der Waals surface area contributed by atoms with Crippen LogP contribution in [-0.4, -0.2) is 47.0 Å². The summed E-state index contributed by atoms with van der Waals surface area (Å²) in [6, 6.07) is 5.49. The predicted octanol–water partition coefficient (Wildman–Crippen LogP) is -0.001000. The van der Waals surface area contributed by atoms with Gasteiger partial charge in [-0.15, -0.1) is 0 Å². The molecule has 6 nitrogen and oxygen atoms in total. The Balaban J connectivity index is 2.04. The zero-order valence-electron chi connectivity index (χ0n) is 12.1. The Kier molecular flexibility index (Phi) is 4.80. The van der Waals surface area contributed by atoms with Gasteiger partial charge in [-0.3, -0.25) is 9.59 Å². The van der Waals surface area contributed by atoms with Gasteiger partial charge in [-0.2, -0.15) is 0 Å². The lowest BCUT2D eigenvalue weighted by Crippen LogP contribution is -2.60. The largest absolute Gasteiger partial charge is 0.508 e. The molecule has 2 atom stereocenters. The van der Waals surface area contributed by atoms with Gasteiger partial charge in [0.05, 0.1) is 6.04 Å². The van der Waals surface area contributed by atoms with Gasteiger partial charge >= 0.3 is 0 Å². The smallest absolute Gasteiger partial charge is 0.242 e. The highest BCUT2D eigenvalue weighted by atomic mass is 16.3. The third kappa shape index (κ3) is 3.52. The molecule has 1 aromatic carbocycles. The molecule has 2 amide bonds. The molecule has 1 aromatic rings. The average Bonchev–Trinajstić information content (AvgIpc) is 2.48. The Labute approximate surface area is 123 Å². The lowest BCUT2D eigenvalue weighted by molar-refractivity contribution is -0.144. The van der Waals surface area contributed by atoms with E-state index in [9.17, 15) is 14.7 Å². The van der Waals surface area contributed by atoms with Gasteiger partial charge in [0.1, 0.15) is 11.8 Å². The maximum Gasteiger partial charge on any atom is 0.242 e. The van der Waals surface area contributed by atoms with Gasteiger partial charge in [-0.1, -0.05) is 19.1 Å². The predicted molar refractivity (Wildman–Crippen MR) is 78.6 cm³/mol. The number of nitrogens with zero attached hydrogens (tertiary/aromatic N) is 1. The zero-order chi connectivity index (χ0) is 15.4. The van der Waals surface area contributed by atoms with Gasteiger partial charge in [0, 0.05) is 13.1 Å². The van der Waals surface area contributed by atoms with E-state index < -0.39 is 12.1 Å². The number of hydrogen-bond donors (Lipinski definition) is 3. The molecular formula is C15H21N3O3. The Morgan fingerprint density at radius 3 is 2.76 bits per heavy atom. The molecule has 2 rings (SSSR count). The number of nitrogens with two attached hydrogens (primary N) is 1. The summed E-state index contributed by atoms with van der Waals surface area (Å²) in [6.07, 6.45) is 0.956. The van der Waals surface area contributed by atoms with E-state index in [4.69, 9.17) is 5.73 Å². The number of amides is 2. The average molecular weight is 291 g/mol. The van der Waals surface area contributed by atoms with Crippen LogP contribution in [0, 0.1) is 0 Å². The van der Waals surface area contributed by atoms with Gasteiger partial charge in [0.15, 0.2) is 0 Å². The number of carbonyl (C=O) groups excluding carboxylic acids is 2. The van der Waals surface area contributed by atoms with Crippen molar-refractivity contribution in [3.63, 3.8) is 0 Å². The second-order valence-electron chi connectivity index (χ2n) is 5.22. The molecule has 4 N–H and O–H groups in total. The van der Waals surface area contributed by atoms with Crippen molar-refractivity contribution in [3.8, 4) is 5.75 Å². The Morgan fingerprint density at radius 2 is 2.14 bits per heavy atom. The van der Waals surface area contributed by atoms with Crippen molar-refractivity contribution in [3.05, 3.63) is 29.8 Å². The molecule has 0 spiro atoms. The van der Waals surface area contributed by atoms with Crippen LogP contribution in [-0.2, 0) is 16.0 Å². The number of phenols is 1. The van der Waals surface area contributed by atoms with Gasteiger partial charge in [0.25, 0.3) is 0 Å². The van der Waals surface area contributed by atoms with E-state index in [-0.39, 0.29) is 17.6 Å². The second kappa shape index (κ2) is 6.58. The van der Waals surface area contributed by atoms with Gasteiger partial charge < -0.3 is 21.1 Å². The number of carbonyl (C=O) groups is 2. The first-order valence-corrected chi connectivity index (χ1v) is 7.14. The van der Waals surface area contributed by atoms with Crippen LogP contribution in [0.5, 0.6) is 5.75 Å². The van der Waals surface area contributed by atoms with Crippen LogP contribution in [0.15, 0.2) is 24.3 Å². The topological polar surface area (TPSA) is 95.7 Å². The molecule has 0 bridgehead atoms. The van der Waals surface area contributed by atoms with E-state index in [1.807, 2.05) is 6.92 Å². The van der Waals surface area contributed by atoms with Crippen LogP contribution >= 0.6 is 0 Å². The van der Waals surface area contributed by atoms with Crippen LogP contribution in [0.1, 0.15) is 18.9 Å². The molecule has 0 radical (unpaired) electrons. The van der Waals surface area contributed by atoms with E-state index in [0.29, 0.717) is 25.9 Å². The molecule has 0 saturated carbocycles. The van der Waals surface area contributed by atoms with Crippen LogP contribution in [0.2, 0.25) is 0 Å². The molecule has 0 aromatic heterocycles. The summed E-state index contributed by atoms with van der Waals surface area (Å²) >= 11 is 0. The number of nitrogens with one attached hydrogen (secondary N) is 1. The quantitative estimate of drug-likeness (QED) is 0.727. The normalized spacial score (nSPS) is 20.0. The van der Waals surface area contributed by atoms with Crippen LogP contribution in [0.4, 0.5) is 0 Å². The van der Waals surface area contributed by atoms with Crippen molar-refractivity contribution in [1.82, 2.24) is 10.2 Å². The summed E-state index contributed by atoms with van der Waals surface area (Å²) in [4.78, 5) is 25.8. The number of phenolic OH excluding ortho intramolecular Hbond substituents is 1. The Hall–Kier alpha value is -2.08. The molecule has 1 aliphatic heterocycles. The zero-order valence-corrected chi connectivity index (χ0v) is 12.1. The van der Waals surface area contributed by atoms with Crippen LogP contribution in [0.3, 0.4) is 0 Å². The monoisotopic (exact) mass is 291 g/mol. The van der Waals surface area contributed by atoms with Crippen molar-refractivity contribution >= 4 is 11.8 Å². The van der Waals surface area contributed by atoms with Crippen LogP contribution in [0.25, 0.3) is 0 Å². The van der Waals surface area contributed by atoms with Crippen molar-refractivity contribution in [2.24, 2.45) is 5.73 Å². The van der Waals surface area contributed by atoms with Crippen molar-refractivity contribution in [2.75, 3.05) is 13.1 Å². The first-order chi connectivity index (χ1) is 10.0. The highest BCUT2D eigenvalue weighted by Gasteiger charge is 2.33. The maximum atomic E-state index is 12.5. The molecule has 1 saturated heterocycles. The molecule has 6 heteroatoms. The standard InChI is InChI=1S/C15H21N3O3/c1-2-13-14(20)17-7-8-18(13)15(21)12(16)9-10-3-5-11(19)6-4-10/h3-6,12-13,19H,2,7-9,16H2,1H3,(H,17,20). The van der Waals surface area contributed by atoms with E-state index >= 15 is 0 Å². The first kappa shape index (κ1) is 15.3. The molecule has 21 heavy (non-hydrogen) atoms. The van der Waals surface area contributed by atoms with Gasteiger partial charge in [0.2, 0.25) is 11.8 Å². The highest BCUT2D eigenvalue weighted by molar-refractivity contribution is 5.90. The molecular weight excluding hydrogens is 270 g/mol. The molecule has 0 aliphatic carbocycles. The number of aromatic hydroxyl groups is 1. The fourth-order valence-corrected chi connectivity index (χ4v) is 2.57. The number of benzene rings is 1. The number of rotatable bonds is 4. The molecule has 1 fully saturated rings. The van der Waals surface area contributed by atoms with E-state index in [1.54, 1.807) is 29.2 Å². The number of hydrogen-bond acceptors (Lipinski definition) is 4. The Bertz CT molecular complexity index is 515. The minimum absolute atomic E-state index is 0.117. The van der Waals surface area contributed by atoms with Crippen LogP contribution < -0.4 is 11.1 Å². The third-order valence-electron chi connectivity index (χ3n) is 3.71. The van der Waals surface area contributed by atoms with E-state index in [1.165, 1.54) is 0 Å². The van der Waals surface area contributed by atoms with E-state index in [0.717, 1.165) is 5.56 Å². The summed E-state index contributed by atoms with van der Waals surface area (Å²) in [5.74, 6) is -0.142. The highest BCUT2D eigenvalue weighted by Crippen LogP contribution is 2.14. The Morgan fingerprint density at radius 1 is 1.48 bits per heavy atom. The number of piperazine rings is 1. The van der Waals surface area contributed by atoms with Crippen molar-refractivity contribution < 1.29 is 14.7 Å². The van der Waals surface area contributed by atoms with E-state index in [2.05, 4.69) is 5.32 Å². The summed E-state index contributed by atoms with van der Waals surface area (Å²) in [6.45, 7) is 2.83. The molecule has 2 unspecified atom stereocenters. The summed E-state index contributed by atoms with van der Waals surface area (Å²) in [5, 5.41) is 12.0. The lowest BCUT2D eigenvalue weighted by Gasteiger charge is -2.36. The SMILES string of the molecule is CCC1C(=O)NCCN1C(=O)C(N)Cc1ccc(O)cc1. The summed E-state index contributed by atoms with van der Waals surface area (Å²) in [7, 11) is 0. The first-order valence-electron chi connectivity index (χ1n) is 7.14. The molecule has 1 aliphatic rings. The summed E-state index contributed by atoms with van der Waals surface area (Å²) in [5.41, 5.74) is 6.87. The third-order valence-corrected chi connectivity index (χ3v) is 3.71. The van der Waals surface area contributed by atoms with Gasteiger partial charge in [-0.25, -0.2) is 0 Å². The maximum absolute atomic E-state index is 12.5. The minimum Gasteiger partial charge on any atom is -0.508 e. The second-order valence-corrected chi connectivity index (χ2v) is 5.22. The summed E-state index contributed by atoms with van der Waals surface area (Å²) < 4.78 is 0. The minimum atomic E-state index is -0.686. The van der Waals surface area contributed by atoms with Gasteiger partial charge in [-0.05, 0) is 30.5 Å². The van der Waals surface area contributed by atoms with Crippen molar-refractivity contribution in [1.29, 1.82) is 0 Å².